The van der Waals surface area contributed by atoms with Crippen LogP contribution >= 0.6 is 11.8 Å². The van der Waals surface area contributed by atoms with Gasteiger partial charge in [0.15, 0.2) is 0 Å². The Morgan fingerprint density at radius 3 is 2.50 bits per heavy atom. The average molecular weight is 218 g/mol. The molecule has 0 fully saturated rings. The van der Waals surface area contributed by atoms with Gasteiger partial charge in [-0.15, -0.1) is 0 Å². The van der Waals surface area contributed by atoms with Crippen LogP contribution in [-0.4, -0.2) is 50.6 Å². The maximum absolute atomic E-state index is 3.29. The Labute approximate surface area is 93.8 Å². The molecular formula is C11H26N2S. The molecule has 0 radical (unpaired) electrons. The highest BCUT2D eigenvalue weighted by molar-refractivity contribution is 7.98. The number of thioether (sulfide) groups is 1. The van der Waals surface area contributed by atoms with Crippen molar-refractivity contribution in [1.29, 1.82) is 0 Å². The fourth-order valence-electron chi connectivity index (χ4n) is 1.70. The van der Waals surface area contributed by atoms with E-state index in [0.29, 0.717) is 5.41 Å². The SMILES string of the molecule is CCC(C)(CNC)CN(C)CCSC. The third kappa shape index (κ3) is 5.89. The minimum Gasteiger partial charge on any atom is -0.319 e. The number of rotatable bonds is 8. The molecule has 0 heterocycles. The summed E-state index contributed by atoms with van der Waals surface area (Å²) in [4.78, 5) is 2.44. The molecule has 1 unspecified atom stereocenters. The Morgan fingerprint density at radius 1 is 1.43 bits per heavy atom. The topological polar surface area (TPSA) is 15.3 Å². The van der Waals surface area contributed by atoms with Crippen LogP contribution in [0.5, 0.6) is 0 Å². The summed E-state index contributed by atoms with van der Waals surface area (Å²) in [5, 5.41) is 3.29. The van der Waals surface area contributed by atoms with Gasteiger partial charge in [0.1, 0.15) is 0 Å². The van der Waals surface area contributed by atoms with E-state index >= 15 is 0 Å². The number of nitrogens with one attached hydrogen (secondary N) is 1. The average Bonchev–Trinajstić information content (AvgIpc) is 2.15. The van der Waals surface area contributed by atoms with Gasteiger partial charge >= 0.3 is 0 Å². The van der Waals surface area contributed by atoms with Crippen LogP contribution in [0.15, 0.2) is 0 Å². The second-order valence-electron chi connectivity index (χ2n) is 4.43. The van der Waals surface area contributed by atoms with Crippen molar-refractivity contribution in [1.82, 2.24) is 10.2 Å². The predicted octanol–water partition coefficient (Wildman–Crippen LogP) is 1.92. The fourth-order valence-corrected chi connectivity index (χ4v) is 2.19. The highest BCUT2D eigenvalue weighted by Gasteiger charge is 2.22. The van der Waals surface area contributed by atoms with Gasteiger partial charge in [-0.05, 0) is 32.2 Å². The lowest BCUT2D eigenvalue weighted by atomic mass is 9.87. The normalized spacial score (nSPS) is 15.9. The Balaban J connectivity index is 3.89. The molecule has 0 saturated heterocycles. The smallest absolute Gasteiger partial charge is 0.00694 e. The molecule has 0 aliphatic rings. The van der Waals surface area contributed by atoms with Crippen molar-refractivity contribution in [2.45, 2.75) is 20.3 Å². The summed E-state index contributed by atoms with van der Waals surface area (Å²) < 4.78 is 0. The minimum atomic E-state index is 0.419. The van der Waals surface area contributed by atoms with Gasteiger partial charge in [-0.1, -0.05) is 13.8 Å². The summed E-state index contributed by atoms with van der Waals surface area (Å²) in [5.74, 6) is 1.23. The van der Waals surface area contributed by atoms with Crippen LogP contribution in [0.2, 0.25) is 0 Å². The molecule has 0 aliphatic carbocycles. The molecule has 0 aliphatic heterocycles. The van der Waals surface area contributed by atoms with E-state index in [4.69, 9.17) is 0 Å². The van der Waals surface area contributed by atoms with Gasteiger partial charge in [0.2, 0.25) is 0 Å². The van der Waals surface area contributed by atoms with Crippen LogP contribution in [0.1, 0.15) is 20.3 Å². The van der Waals surface area contributed by atoms with Crippen molar-refractivity contribution in [3.05, 3.63) is 0 Å². The van der Waals surface area contributed by atoms with Gasteiger partial charge in [-0.2, -0.15) is 11.8 Å². The van der Waals surface area contributed by atoms with Crippen molar-refractivity contribution in [2.75, 3.05) is 45.7 Å². The van der Waals surface area contributed by atoms with Gasteiger partial charge in [-0.3, -0.25) is 0 Å². The Bertz CT molecular complexity index is 141. The molecule has 0 aromatic heterocycles. The van der Waals surface area contributed by atoms with Crippen molar-refractivity contribution >= 4 is 11.8 Å². The number of hydrogen-bond acceptors (Lipinski definition) is 3. The molecule has 1 N–H and O–H groups in total. The van der Waals surface area contributed by atoms with Crippen LogP contribution in [0.4, 0.5) is 0 Å². The Hall–Kier alpha value is 0.270. The van der Waals surface area contributed by atoms with E-state index < -0.39 is 0 Å². The van der Waals surface area contributed by atoms with E-state index in [1.165, 1.54) is 25.3 Å². The van der Waals surface area contributed by atoms with E-state index in [0.717, 1.165) is 6.54 Å². The molecule has 0 aromatic carbocycles. The van der Waals surface area contributed by atoms with Crippen molar-refractivity contribution in [2.24, 2.45) is 5.41 Å². The second-order valence-corrected chi connectivity index (χ2v) is 5.41. The summed E-state index contributed by atoms with van der Waals surface area (Å²) in [6, 6.07) is 0. The van der Waals surface area contributed by atoms with E-state index in [1.807, 2.05) is 18.8 Å². The largest absolute Gasteiger partial charge is 0.319 e. The van der Waals surface area contributed by atoms with E-state index in [-0.39, 0.29) is 0 Å². The first-order valence-corrected chi connectivity index (χ1v) is 6.79. The molecule has 86 valence electrons. The zero-order valence-corrected chi connectivity index (χ0v) is 11.2. The molecule has 0 amide bonds. The number of hydrogen-bond donors (Lipinski definition) is 1. The summed E-state index contributed by atoms with van der Waals surface area (Å²) in [6.07, 6.45) is 3.40. The molecule has 0 rings (SSSR count). The second kappa shape index (κ2) is 7.55. The van der Waals surface area contributed by atoms with E-state index in [1.54, 1.807) is 0 Å². The maximum atomic E-state index is 3.29. The third-order valence-electron chi connectivity index (χ3n) is 2.79. The first-order valence-electron chi connectivity index (χ1n) is 5.40. The first-order chi connectivity index (χ1) is 6.58. The summed E-state index contributed by atoms with van der Waals surface area (Å²) in [7, 11) is 4.26. The lowest BCUT2D eigenvalue weighted by Crippen LogP contribution is -2.40. The summed E-state index contributed by atoms with van der Waals surface area (Å²) in [5.41, 5.74) is 0.419. The Morgan fingerprint density at radius 2 is 2.07 bits per heavy atom. The highest BCUT2D eigenvalue weighted by Crippen LogP contribution is 2.20. The van der Waals surface area contributed by atoms with Crippen LogP contribution in [0, 0.1) is 5.41 Å². The summed E-state index contributed by atoms with van der Waals surface area (Å²) >= 11 is 1.92. The van der Waals surface area contributed by atoms with E-state index in [9.17, 15) is 0 Å². The molecular weight excluding hydrogens is 192 g/mol. The highest BCUT2D eigenvalue weighted by atomic mass is 32.2. The zero-order chi connectivity index (χ0) is 11.0. The van der Waals surface area contributed by atoms with Crippen LogP contribution < -0.4 is 5.32 Å². The molecule has 14 heavy (non-hydrogen) atoms. The van der Waals surface area contributed by atoms with Crippen LogP contribution in [-0.2, 0) is 0 Å². The zero-order valence-electron chi connectivity index (χ0n) is 10.4. The predicted molar refractivity (Wildman–Crippen MR) is 68.2 cm³/mol. The molecule has 0 bridgehead atoms. The van der Waals surface area contributed by atoms with Crippen molar-refractivity contribution in [3.63, 3.8) is 0 Å². The molecule has 1 atom stereocenters. The molecule has 0 spiro atoms. The number of nitrogens with zero attached hydrogens (tertiary/aromatic N) is 1. The standard InChI is InChI=1S/C11H26N2S/c1-6-11(2,9-12-3)10-13(4)7-8-14-5/h12H,6-10H2,1-5H3. The van der Waals surface area contributed by atoms with Gasteiger partial charge in [0, 0.05) is 25.4 Å². The van der Waals surface area contributed by atoms with Gasteiger partial charge < -0.3 is 10.2 Å². The molecule has 0 aromatic rings. The van der Waals surface area contributed by atoms with Crippen LogP contribution in [0.25, 0.3) is 0 Å². The fraction of sp³-hybridized carbons (Fsp3) is 1.00. The monoisotopic (exact) mass is 218 g/mol. The quantitative estimate of drug-likeness (QED) is 0.670. The Kier molecular flexibility index (Phi) is 7.69. The van der Waals surface area contributed by atoms with Gasteiger partial charge in [0.05, 0.1) is 0 Å². The first kappa shape index (κ1) is 14.3. The van der Waals surface area contributed by atoms with E-state index in [2.05, 4.69) is 37.4 Å². The minimum absolute atomic E-state index is 0.419. The lowest BCUT2D eigenvalue weighted by Gasteiger charge is -2.32. The molecule has 3 heteroatoms. The molecule has 0 saturated carbocycles. The third-order valence-corrected chi connectivity index (χ3v) is 3.38. The maximum Gasteiger partial charge on any atom is 0.00694 e. The van der Waals surface area contributed by atoms with Crippen molar-refractivity contribution in [3.8, 4) is 0 Å². The van der Waals surface area contributed by atoms with Gasteiger partial charge in [-0.25, -0.2) is 0 Å². The van der Waals surface area contributed by atoms with Crippen LogP contribution in [0.3, 0.4) is 0 Å². The van der Waals surface area contributed by atoms with Gasteiger partial charge in [0.25, 0.3) is 0 Å². The lowest BCUT2D eigenvalue weighted by molar-refractivity contribution is 0.190. The molecule has 2 nitrogen and oxygen atoms in total. The summed E-state index contributed by atoms with van der Waals surface area (Å²) in [6.45, 7) is 8.12. The van der Waals surface area contributed by atoms with Crippen molar-refractivity contribution < 1.29 is 0 Å².